The summed E-state index contributed by atoms with van der Waals surface area (Å²) in [6.07, 6.45) is 5.16. The Morgan fingerprint density at radius 2 is 2.36 bits per heavy atom. The molecule has 2 aromatic heterocycles. The quantitative estimate of drug-likeness (QED) is 0.805. The third kappa shape index (κ3) is 3.64. The number of fused-ring (bicyclic) bond motifs is 1. The number of nitrogens with zero attached hydrogens (tertiary/aromatic N) is 2. The first-order valence-corrected chi connectivity index (χ1v) is 7.61. The Morgan fingerprint density at radius 1 is 1.55 bits per heavy atom. The van der Waals surface area contributed by atoms with Gasteiger partial charge < -0.3 is 15.2 Å². The minimum Gasteiger partial charge on any atom is -0.389 e. The molecule has 1 fully saturated rings. The summed E-state index contributed by atoms with van der Waals surface area (Å²) in [7, 11) is 0. The molecule has 22 heavy (non-hydrogen) atoms. The van der Waals surface area contributed by atoms with E-state index in [2.05, 4.69) is 10.3 Å². The number of rotatable bonds is 7. The van der Waals surface area contributed by atoms with E-state index in [1.54, 1.807) is 10.6 Å². The van der Waals surface area contributed by atoms with Crippen molar-refractivity contribution in [3.8, 4) is 0 Å². The number of hydrogen-bond donors (Lipinski definition) is 2. The number of amides is 1. The fraction of sp³-hybridized carbons (Fsp3) is 0.500. The molecule has 0 radical (unpaired) electrons. The third-order valence-corrected chi connectivity index (χ3v) is 3.75. The number of aliphatic hydroxyl groups is 1. The van der Waals surface area contributed by atoms with Gasteiger partial charge in [0, 0.05) is 19.3 Å². The molecule has 6 nitrogen and oxygen atoms in total. The Bertz CT molecular complexity index is 664. The van der Waals surface area contributed by atoms with Gasteiger partial charge in [-0.05, 0) is 37.3 Å². The van der Waals surface area contributed by atoms with Crippen molar-refractivity contribution in [3.63, 3.8) is 0 Å². The minimum absolute atomic E-state index is 0.169. The molecular formula is C16H21N3O3. The summed E-state index contributed by atoms with van der Waals surface area (Å²) in [6.45, 7) is 3.09. The number of hydrogen-bond acceptors (Lipinski definition) is 4. The molecule has 0 aromatic carbocycles. The van der Waals surface area contributed by atoms with Crippen molar-refractivity contribution in [1.29, 1.82) is 0 Å². The third-order valence-electron chi connectivity index (χ3n) is 3.75. The number of aryl methyl sites for hydroxylation is 1. The van der Waals surface area contributed by atoms with Gasteiger partial charge in [0.2, 0.25) is 0 Å². The lowest BCUT2D eigenvalue weighted by atomic mass is 10.3. The van der Waals surface area contributed by atoms with Gasteiger partial charge in [0.15, 0.2) is 0 Å². The van der Waals surface area contributed by atoms with Gasteiger partial charge in [0.25, 0.3) is 5.91 Å². The van der Waals surface area contributed by atoms with Crippen molar-refractivity contribution in [2.45, 2.75) is 25.9 Å². The summed E-state index contributed by atoms with van der Waals surface area (Å²) in [5.41, 5.74) is 2.24. The molecule has 2 aromatic rings. The topological polar surface area (TPSA) is 75.9 Å². The van der Waals surface area contributed by atoms with E-state index in [-0.39, 0.29) is 19.1 Å². The van der Waals surface area contributed by atoms with E-state index < -0.39 is 6.10 Å². The van der Waals surface area contributed by atoms with Crippen molar-refractivity contribution in [3.05, 3.63) is 35.8 Å². The number of ether oxygens (including phenoxy) is 1. The lowest BCUT2D eigenvalue weighted by Gasteiger charge is -2.12. The second kappa shape index (κ2) is 6.46. The van der Waals surface area contributed by atoms with Crippen LogP contribution in [-0.4, -0.2) is 46.3 Å². The van der Waals surface area contributed by atoms with Crippen LogP contribution in [0.5, 0.6) is 0 Å². The Kier molecular flexibility index (Phi) is 4.40. The zero-order valence-corrected chi connectivity index (χ0v) is 12.7. The standard InChI is InChI=1S/C16H21N3O3/c1-11-2-5-15-17-7-14(19(15)8-11)16(21)18-6-13(20)10-22-9-12-3-4-12/h2,5,7-8,12-13,20H,3-4,6,9-10H2,1H3,(H,18,21). The van der Waals surface area contributed by atoms with Gasteiger partial charge >= 0.3 is 0 Å². The number of carbonyl (C=O) groups excluding carboxylic acids is 1. The number of aliphatic hydroxyl groups excluding tert-OH is 1. The van der Waals surface area contributed by atoms with Crippen LogP contribution in [-0.2, 0) is 4.74 Å². The molecule has 1 aliphatic rings. The van der Waals surface area contributed by atoms with Gasteiger partial charge in [0.05, 0.1) is 18.9 Å². The first-order valence-electron chi connectivity index (χ1n) is 7.61. The number of nitrogens with one attached hydrogen (secondary N) is 1. The Labute approximate surface area is 129 Å². The molecule has 1 amide bonds. The van der Waals surface area contributed by atoms with Crippen LogP contribution in [0, 0.1) is 12.8 Å². The molecule has 2 heterocycles. The van der Waals surface area contributed by atoms with Gasteiger partial charge in [-0.1, -0.05) is 6.07 Å². The molecule has 0 spiro atoms. The predicted molar refractivity (Wildman–Crippen MR) is 81.8 cm³/mol. The van der Waals surface area contributed by atoms with E-state index in [0.29, 0.717) is 18.2 Å². The maximum Gasteiger partial charge on any atom is 0.270 e. The summed E-state index contributed by atoms with van der Waals surface area (Å²) in [4.78, 5) is 16.4. The summed E-state index contributed by atoms with van der Waals surface area (Å²) in [5.74, 6) is 0.419. The van der Waals surface area contributed by atoms with Crippen molar-refractivity contribution in [2.75, 3.05) is 19.8 Å². The van der Waals surface area contributed by atoms with Crippen LogP contribution in [0.3, 0.4) is 0 Å². The first kappa shape index (κ1) is 15.0. The number of carbonyl (C=O) groups is 1. The number of imidazole rings is 1. The van der Waals surface area contributed by atoms with E-state index in [1.807, 2.05) is 25.3 Å². The summed E-state index contributed by atoms with van der Waals surface area (Å²) in [6, 6.07) is 3.82. The van der Waals surface area contributed by atoms with Crippen molar-refractivity contribution < 1.29 is 14.6 Å². The fourth-order valence-electron chi connectivity index (χ4n) is 2.27. The molecule has 1 aliphatic carbocycles. The van der Waals surface area contributed by atoms with Crippen LogP contribution in [0.15, 0.2) is 24.5 Å². The van der Waals surface area contributed by atoms with Crippen LogP contribution in [0.2, 0.25) is 0 Å². The molecule has 3 rings (SSSR count). The molecular weight excluding hydrogens is 282 g/mol. The number of aromatic nitrogens is 2. The average molecular weight is 303 g/mol. The molecule has 2 N–H and O–H groups in total. The maximum absolute atomic E-state index is 12.2. The van der Waals surface area contributed by atoms with Crippen LogP contribution in [0.25, 0.3) is 5.65 Å². The molecule has 0 aliphatic heterocycles. The SMILES string of the molecule is Cc1ccc2ncc(C(=O)NCC(O)COCC3CC3)n2c1. The van der Waals surface area contributed by atoms with Crippen molar-refractivity contribution >= 4 is 11.6 Å². The lowest BCUT2D eigenvalue weighted by molar-refractivity contribution is 0.0320. The molecule has 118 valence electrons. The van der Waals surface area contributed by atoms with Crippen molar-refractivity contribution in [1.82, 2.24) is 14.7 Å². The van der Waals surface area contributed by atoms with Gasteiger partial charge in [-0.15, -0.1) is 0 Å². The average Bonchev–Trinajstić information content (AvgIpc) is 3.22. The molecule has 0 saturated heterocycles. The second-order valence-electron chi connectivity index (χ2n) is 5.92. The molecule has 6 heteroatoms. The minimum atomic E-state index is -0.691. The fourth-order valence-corrected chi connectivity index (χ4v) is 2.27. The highest BCUT2D eigenvalue weighted by atomic mass is 16.5. The van der Waals surface area contributed by atoms with Crippen LogP contribution in [0.1, 0.15) is 28.9 Å². The molecule has 1 unspecified atom stereocenters. The molecule has 0 bridgehead atoms. The first-order chi connectivity index (χ1) is 10.6. The lowest BCUT2D eigenvalue weighted by Crippen LogP contribution is -2.35. The zero-order valence-electron chi connectivity index (χ0n) is 12.7. The van der Waals surface area contributed by atoms with Gasteiger partial charge in [-0.25, -0.2) is 4.98 Å². The van der Waals surface area contributed by atoms with E-state index in [1.165, 1.54) is 12.8 Å². The summed E-state index contributed by atoms with van der Waals surface area (Å²) in [5, 5.41) is 12.5. The Morgan fingerprint density at radius 3 is 3.14 bits per heavy atom. The van der Waals surface area contributed by atoms with Gasteiger partial charge in [-0.3, -0.25) is 9.20 Å². The van der Waals surface area contributed by atoms with Crippen LogP contribution >= 0.6 is 0 Å². The van der Waals surface area contributed by atoms with E-state index in [9.17, 15) is 9.90 Å². The Balaban J connectivity index is 1.52. The normalized spacial score (nSPS) is 15.9. The highest BCUT2D eigenvalue weighted by molar-refractivity contribution is 5.93. The predicted octanol–water partition coefficient (Wildman–Crippen LogP) is 1.16. The zero-order chi connectivity index (χ0) is 15.5. The largest absolute Gasteiger partial charge is 0.389 e. The number of pyridine rings is 1. The summed E-state index contributed by atoms with van der Waals surface area (Å²) < 4.78 is 7.16. The maximum atomic E-state index is 12.2. The van der Waals surface area contributed by atoms with Gasteiger partial charge in [-0.2, -0.15) is 0 Å². The monoisotopic (exact) mass is 303 g/mol. The van der Waals surface area contributed by atoms with Crippen molar-refractivity contribution in [2.24, 2.45) is 5.92 Å². The highest BCUT2D eigenvalue weighted by Gasteiger charge is 2.21. The second-order valence-corrected chi connectivity index (χ2v) is 5.92. The van der Waals surface area contributed by atoms with E-state index in [4.69, 9.17) is 4.74 Å². The van der Waals surface area contributed by atoms with Crippen LogP contribution < -0.4 is 5.32 Å². The van der Waals surface area contributed by atoms with E-state index >= 15 is 0 Å². The highest BCUT2D eigenvalue weighted by Crippen LogP contribution is 2.28. The molecule has 1 atom stereocenters. The van der Waals surface area contributed by atoms with Gasteiger partial charge in [0.1, 0.15) is 11.3 Å². The molecule has 1 saturated carbocycles. The van der Waals surface area contributed by atoms with Crippen LogP contribution in [0.4, 0.5) is 0 Å². The van der Waals surface area contributed by atoms with E-state index in [0.717, 1.165) is 11.2 Å². The summed E-state index contributed by atoms with van der Waals surface area (Å²) >= 11 is 0. The Hall–Kier alpha value is -1.92. The smallest absolute Gasteiger partial charge is 0.270 e.